The molecule has 0 saturated heterocycles. The van der Waals surface area contributed by atoms with Crippen LogP contribution in [0, 0.1) is 0 Å². The lowest BCUT2D eigenvalue weighted by atomic mass is 10.0. The van der Waals surface area contributed by atoms with Crippen molar-refractivity contribution in [1.29, 1.82) is 0 Å². The lowest BCUT2D eigenvalue weighted by Crippen LogP contribution is -2.30. The number of aliphatic hydroxyl groups excluding tert-OH is 1. The third kappa shape index (κ3) is 76.1. The van der Waals surface area contributed by atoms with Gasteiger partial charge in [0.15, 0.2) is 12.2 Å². The Kier molecular flexibility index (Phi) is 74.8. The van der Waals surface area contributed by atoms with Gasteiger partial charge in [-0.05, 0) is 25.7 Å². The van der Waals surface area contributed by atoms with E-state index in [2.05, 4.69) is 27.7 Å². The Morgan fingerprint density at radius 1 is 0.238 bits per heavy atom. The summed E-state index contributed by atoms with van der Waals surface area (Å²) in [5.41, 5.74) is 0. The van der Waals surface area contributed by atoms with E-state index in [4.69, 9.17) is 37.0 Å². The molecule has 0 aromatic carbocycles. The zero-order chi connectivity index (χ0) is 73.9. The maximum atomic E-state index is 13.1. The van der Waals surface area contributed by atoms with Gasteiger partial charge >= 0.3 is 39.5 Å². The van der Waals surface area contributed by atoms with Gasteiger partial charge < -0.3 is 33.8 Å². The van der Waals surface area contributed by atoms with Gasteiger partial charge in [0.05, 0.1) is 26.4 Å². The maximum Gasteiger partial charge on any atom is 0.472 e. The van der Waals surface area contributed by atoms with Crippen molar-refractivity contribution < 1.29 is 80.2 Å². The van der Waals surface area contributed by atoms with Gasteiger partial charge in [-0.15, -0.1) is 0 Å². The number of hydrogen-bond acceptors (Lipinski definition) is 15. The number of ether oxygens (including phenoxy) is 4. The lowest BCUT2D eigenvalue weighted by molar-refractivity contribution is -0.161. The highest BCUT2D eigenvalue weighted by Crippen LogP contribution is 2.45. The fourth-order valence-electron chi connectivity index (χ4n) is 12.8. The molecule has 0 saturated carbocycles. The zero-order valence-electron chi connectivity index (χ0n) is 65.9. The van der Waals surface area contributed by atoms with E-state index in [1.165, 1.54) is 276 Å². The molecule has 17 nitrogen and oxygen atoms in total. The molecular weight excluding hydrogens is 1320 g/mol. The summed E-state index contributed by atoms with van der Waals surface area (Å²) in [5, 5.41) is 10.6. The number of carbonyl (C=O) groups excluding carboxylic acids is 4. The summed E-state index contributed by atoms with van der Waals surface area (Å²) in [6.07, 6.45) is 69.4. The molecule has 101 heavy (non-hydrogen) atoms. The van der Waals surface area contributed by atoms with Crippen LogP contribution < -0.4 is 0 Å². The smallest absolute Gasteiger partial charge is 0.462 e. The molecule has 0 bridgehead atoms. The van der Waals surface area contributed by atoms with Crippen molar-refractivity contribution in [2.75, 3.05) is 39.6 Å². The van der Waals surface area contributed by atoms with Gasteiger partial charge in [-0.1, -0.05) is 394 Å². The first-order valence-corrected chi connectivity index (χ1v) is 45.8. The second-order valence-electron chi connectivity index (χ2n) is 29.5. The molecule has 19 heteroatoms. The average Bonchev–Trinajstić information content (AvgIpc) is 0.967. The summed E-state index contributed by atoms with van der Waals surface area (Å²) in [6.45, 7) is 5.03. The van der Waals surface area contributed by atoms with Gasteiger partial charge in [0.2, 0.25) is 0 Å². The van der Waals surface area contributed by atoms with Crippen LogP contribution in [-0.4, -0.2) is 96.7 Å². The minimum Gasteiger partial charge on any atom is -0.462 e. The predicted octanol–water partition coefficient (Wildman–Crippen LogP) is 25.0. The molecule has 0 rings (SSSR count). The Balaban J connectivity index is 5.21. The molecule has 3 N–H and O–H groups in total. The van der Waals surface area contributed by atoms with Crippen LogP contribution in [0.15, 0.2) is 0 Å². The van der Waals surface area contributed by atoms with Crippen molar-refractivity contribution in [1.82, 2.24) is 0 Å². The summed E-state index contributed by atoms with van der Waals surface area (Å²) < 4.78 is 68.7. The lowest BCUT2D eigenvalue weighted by Gasteiger charge is -2.21. The molecule has 0 aromatic heterocycles. The summed E-state index contributed by atoms with van der Waals surface area (Å²) in [5.74, 6) is -2.10. The first-order valence-electron chi connectivity index (χ1n) is 42.8. The van der Waals surface area contributed by atoms with Gasteiger partial charge in [-0.25, -0.2) is 9.13 Å². The number of aliphatic hydroxyl groups is 1. The molecule has 0 aliphatic carbocycles. The molecule has 600 valence electrons. The van der Waals surface area contributed by atoms with Crippen molar-refractivity contribution in [2.24, 2.45) is 0 Å². The van der Waals surface area contributed by atoms with Crippen molar-refractivity contribution in [3.8, 4) is 0 Å². The Morgan fingerprint density at radius 3 is 0.584 bits per heavy atom. The molecular formula is C82H160O17P2. The highest BCUT2D eigenvalue weighted by atomic mass is 31.2. The van der Waals surface area contributed by atoms with E-state index in [1.54, 1.807) is 0 Å². The second-order valence-corrected chi connectivity index (χ2v) is 32.4. The Hall–Kier alpha value is -1.94. The Morgan fingerprint density at radius 2 is 0.396 bits per heavy atom. The van der Waals surface area contributed by atoms with Crippen LogP contribution in [0.25, 0.3) is 0 Å². The molecule has 0 radical (unpaired) electrons. The first kappa shape index (κ1) is 99.1. The van der Waals surface area contributed by atoms with E-state index < -0.39 is 97.5 Å². The quantitative estimate of drug-likeness (QED) is 0.0222. The fraction of sp³-hybridized carbons (Fsp3) is 0.951. The number of phosphoric acid groups is 2. The van der Waals surface area contributed by atoms with E-state index >= 15 is 0 Å². The van der Waals surface area contributed by atoms with Crippen LogP contribution in [0.1, 0.15) is 445 Å². The topological polar surface area (TPSA) is 237 Å². The number of rotatable bonds is 83. The third-order valence-electron chi connectivity index (χ3n) is 19.4. The SMILES string of the molecule is CCCCCCCCCCCCCCCCCCCCCCCC(=O)O[C@H](COC(=O)CCCCCCCCCCCCCCCCCC)COP(=O)(O)OC[C@@H](O)COP(=O)(O)OC[C@@H](COC(=O)CCCCCCCCCCCC)OC(=O)CCCCCCCCCCCCCCCC. The monoisotopic (exact) mass is 1480 g/mol. The second kappa shape index (κ2) is 76.3. The highest BCUT2D eigenvalue weighted by Gasteiger charge is 2.30. The van der Waals surface area contributed by atoms with Crippen LogP contribution in [0.2, 0.25) is 0 Å². The van der Waals surface area contributed by atoms with Crippen LogP contribution in [0.4, 0.5) is 0 Å². The molecule has 2 unspecified atom stereocenters. The van der Waals surface area contributed by atoms with Crippen LogP contribution in [-0.2, 0) is 65.4 Å². The maximum absolute atomic E-state index is 13.1. The van der Waals surface area contributed by atoms with Gasteiger partial charge in [0, 0.05) is 25.7 Å². The van der Waals surface area contributed by atoms with Crippen molar-refractivity contribution in [3.05, 3.63) is 0 Å². The van der Waals surface area contributed by atoms with Crippen LogP contribution >= 0.6 is 15.6 Å². The standard InChI is InChI=1S/C82H160O17P2/c1-5-9-13-17-21-25-29-32-35-37-38-39-40-41-43-46-49-53-57-61-65-69-82(87)99-78(73-93-80(85)67-63-59-55-51-47-45-42-36-33-30-26-22-18-14-10-6-2)75-97-101(90,91)95-71-76(83)70-94-100(88,89)96-74-77(72-92-79(84)66-62-58-54-50-28-24-20-16-12-8-4)98-81(86)68-64-60-56-52-48-44-34-31-27-23-19-15-11-7-3/h76-78,83H,5-75H2,1-4H3,(H,88,89)(H,90,91)/t76-,77+,78+/m0/s1. The van der Waals surface area contributed by atoms with Crippen molar-refractivity contribution in [3.63, 3.8) is 0 Å². The molecule has 0 fully saturated rings. The summed E-state index contributed by atoms with van der Waals surface area (Å²) in [6, 6.07) is 0. The Labute approximate surface area is 619 Å². The average molecular weight is 1480 g/mol. The number of phosphoric ester groups is 2. The van der Waals surface area contributed by atoms with Crippen molar-refractivity contribution >= 4 is 39.5 Å². The number of unbranched alkanes of at least 4 members (excludes halogenated alkanes) is 57. The number of esters is 4. The molecule has 0 amide bonds. The van der Waals surface area contributed by atoms with Gasteiger partial charge in [-0.3, -0.25) is 37.3 Å². The Bertz CT molecular complexity index is 1910. The zero-order valence-corrected chi connectivity index (χ0v) is 67.7. The summed E-state index contributed by atoms with van der Waals surface area (Å²) >= 11 is 0. The van der Waals surface area contributed by atoms with Gasteiger partial charge in [0.1, 0.15) is 19.3 Å². The van der Waals surface area contributed by atoms with Crippen LogP contribution in [0.5, 0.6) is 0 Å². The first-order chi connectivity index (χ1) is 49.2. The largest absolute Gasteiger partial charge is 0.472 e. The van der Waals surface area contributed by atoms with Crippen LogP contribution in [0.3, 0.4) is 0 Å². The van der Waals surface area contributed by atoms with Gasteiger partial charge in [-0.2, -0.15) is 0 Å². The third-order valence-corrected chi connectivity index (χ3v) is 21.3. The normalized spacial score (nSPS) is 13.8. The molecule has 5 atom stereocenters. The van der Waals surface area contributed by atoms with E-state index in [0.717, 1.165) is 89.9 Å². The van der Waals surface area contributed by atoms with Gasteiger partial charge in [0.25, 0.3) is 0 Å². The minimum absolute atomic E-state index is 0.109. The summed E-state index contributed by atoms with van der Waals surface area (Å²) in [7, 11) is -9.92. The van der Waals surface area contributed by atoms with E-state index in [9.17, 15) is 43.2 Å². The molecule has 0 aromatic rings. The highest BCUT2D eigenvalue weighted by molar-refractivity contribution is 7.47. The minimum atomic E-state index is -4.96. The number of hydrogen-bond donors (Lipinski definition) is 3. The fourth-order valence-corrected chi connectivity index (χ4v) is 14.4. The molecule has 0 aliphatic heterocycles. The molecule has 0 aliphatic rings. The predicted molar refractivity (Wildman–Crippen MR) is 414 cm³/mol. The van der Waals surface area contributed by atoms with Crippen molar-refractivity contribution in [2.45, 2.75) is 463 Å². The van der Waals surface area contributed by atoms with E-state index in [1.807, 2.05) is 0 Å². The number of carbonyl (C=O) groups is 4. The molecule has 0 heterocycles. The van der Waals surface area contributed by atoms with E-state index in [-0.39, 0.29) is 25.7 Å². The van der Waals surface area contributed by atoms with E-state index in [0.29, 0.717) is 25.7 Å². The summed E-state index contributed by atoms with van der Waals surface area (Å²) in [4.78, 5) is 73.0. The molecule has 0 spiro atoms.